The number of nitrogens with one attached hydrogen (secondary N) is 1. The quantitative estimate of drug-likeness (QED) is 0.598. The zero-order valence-electron chi connectivity index (χ0n) is 11.3. The topological polar surface area (TPSA) is 66.4 Å². The molecule has 0 amide bonds. The number of hydrogen-bond donors (Lipinski definition) is 2. The second-order valence-electron chi connectivity index (χ2n) is 3.97. The fourth-order valence-electron chi connectivity index (χ4n) is 1.53. The Bertz CT molecular complexity index is 628. The molecule has 4 nitrogen and oxygen atoms in total. The summed E-state index contributed by atoms with van der Waals surface area (Å²) in [6.45, 7) is 0.0220. The summed E-state index contributed by atoms with van der Waals surface area (Å²) in [7, 11) is -3.76. The van der Waals surface area contributed by atoms with E-state index >= 15 is 0 Å². The van der Waals surface area contributed by atoms with E-state index < -0.39 is 10.0 Å². The summed E-state index contributed by atoms with van der Waals surface area (Å²) >= 11 is 13.6. The minimum Gasteiger partial charge on any atom is -0.384 e. The zero-order valence-corrected chi connectivity index (χ0v) is 14.5. The smallest absolute Gasteiger partial charge is 0.243 e. The molecular weight excluding hydrogens is 353 g/mol. The predicted molar refractivity (Wildman–Crippen MR) is 88.6 cm³/mol. The van der Waals surface area contributed by atoms with Crippen molar-refractivity contribution in [2.45, 2.75) is 11.3 Å². The van der Waals surface area contributed by atoms with Gasteiger partial charge in [0.2, 0.25) is 10.0 Å². The summed E-state index contributed by atoms with van der Waals surface area (Å²) in [6, 6.07) is 2.82. The number of hydrogen-bond acceptors (Lipinski definition) is 4. The van der Waals surface area contributed by atoms with Crippen molar-refractivity contribution < 1.29 is 13.5 Å². The van der Waals surface area contributed by atoms with Crippen molar-refractivity contribution in [1.29, 1.82) is 0 Å². The van der Waals surface area contributed by atoms with Gasteiger partial charge < -0.3 is 5.11 Å². The first-order valence-corrected chi connectivity index (χ1v) is 9.63. The van der Waals surface area contributed by atoms with E-state index in [1.54, 1.807) is 11.8 Å². The lowest BCUT2D eigenvalue weighted by Crippen LogP contribution is -2.25. The van der Waals surface area contributed by atoms with E-state index in [1.165, 1.54) is 12.1 Å². The molecule has 0 bridgehead atoms. The third-order valence-corrected chi connectivity index (χ3v) is 5.47. The van der Waals surface area contributed by atoms with Crippen LogP contribution in [0, 0.1) is 11.8 Å². The van der Waals surface area contributed by atoms with Crippen molar-refractivity contribution in [3.63, 3.8) is 0 Å². The molecular formula is C13H15Cl2NO3S2. The first-order valence-electron chi connectivity index (χ1n) is 5.99. The molecule has 2 N–H and O–H groups in total. The number of sulfonamides is 1. The standard InChI is InChI=1S/C13H15Cl2NO3S2/c1-20-7-3-5-16-21(18,19)13-11(14)8-10(4-2-6-17)9-12(13)15/h8-9,16-17H,3,5-7H2,1H3. The van der Waals surface area contributed by atoms with Crippen LogP contribution in [-0.4, -0.2) is 38.7 Å². The van der Waals surface area contributed by atoms with Gasteiger partial charge in [0, 0.05) is 12.1 Å². The number of thioether (sulfide) groups is 1. The lowest BCUT2D eigenvalue weighted by atomic mass is 10.2. The van der Waals surface area contributed by atoms with Crippen LogP contribution in [-0.2, 0) is 10.0 Å². The summed E-state index contributed by atoms with van der Waals surface area (Å²) in [6.07, 6.45) is 2.67. The maximum Gasteiger partial charge on any atom is 0.243 e. The molecule has 0 aliphatic heterocycles. The molecule has 0 radical (unpaired) electrons. The van der Waals surface area contributed by atoms with Gasteiger partial charge in [0.05, 0.1) is 10.0 Å². The summed E-state index contributed by atoms with van der Waals surface area (Å²) < 4.78 is 26.9. The van der Waals surface area contributed by atoms with E-state index in [2.05, 4.69) is 16.6 Å². The SMILES string of the molecule is CSCCCNS(=O)(=O)c1c(Cl)cc(C#CCO)cc1Cl. The van der Waals surface area contributed by atoms with Crippen LogP contribution >= 0.6 is 35.0 Å². The molecule has 8 heteroatoms. The predicted octanol–water partition coefficient (Wildman–Crippen LogP) is 2.37. The normalized spacial score (nSPS) is 11.0. The van der Waals surface area contributed by atoms with Gasteiger partial charge >= 0.3 is 0 Å². The Morgan fingerprint density at radius 3 is 2.48 bits per heavy atom. The van der Waals surface area contributed by atoms with Gasteiger partial charge in [-0.2, -0.15) is 11.8 Å². The Labute approximate surface area is 139 Å². The van der Waals surface area contributed by atoms with Gasteiger partial charge in [-0.25, -0.2) is 13.1 Å². The highest BCUT2D eigenvalue weighted by molar-refractivity contribution is 7.98. The van der Waals surface area contributed by atoms with Gasteiger partial charge in [-0.15, -0.1) is 0 Å². The monoisotopic (exact) mass is 367 g/mol. The van der Waals surface area contributed by atoms with Crippen LogP contribution in [0.1, 0.15) is 12.0 Å². The molecule has 116 valence electrons. The average Bonchev–Trinajstić information content (AvgIpc) is 2.40. The number of benzene rings is 1. The molecule has 1 aromatic carbocycles. The van der Waals surface area contributed by atoms with Gasteiger partial charge in [0.15, 0.2) is 0 Å². The Morgan fingerprint density at radius 1 is 1.33 bits per heavy atom. The molecule has 21 heavy (non-hydrogen) atoms. The first-order chi connectivity index (χ1) is 9.92. The summed E-state index contributed by atoms with van der Waals surface area (Å²) in [5.74, 6) is 5.93. The van der Waals surface area contributed by atoms with Crippen molar-refractivity contribution in [2.24, 2.45) is 0 Å². The Kier molecular flexibility index (Phi) is 7.88. The minimum atomic E-state index is -3.76. The minimum absolute atomic E-state index is 0.00195. The molecule has 0 spiro atoms. The summed E-state index contributed by atoms with van der Waals surface area (Å²) in [5, 5.41) is 8.65. The van der Waals surface area contributed by atoms with Gasteiger partial charge in [-0.05, 0) is 30.6 Å². The summed E-state index contributed by atoms with van der Waals surface area (Å²) in [4.78, 5) is -0.149. The molecule has 0 fully saturated rings. The van der Waals surface area contributed by atoms with E-state index in [9.17, 15) is 8.42 Å². The van der Waals surface area contributed by atoms with Crippen LogP contribution in [0.4, 0.5) is 0 Å². The van der Waals surface area contributed by atoms with Gasteiger partial charge in [-0.3, -0.25) is 0 Å². The summed E-state index contributed by atoms with van der Waals surface area (Å²) in [5.41, 5.74) is 0.445. The zero-order chi connectivity index (χ0) is 15.9. The lowest BCUT2D eigenvalue weighted by molar-refractivity contribution is 0.350. The van der Waals surface area contributed by atoms with E-state index in [0.29, 0.717) is 12.1 Å². The maximum atomic E-state index is 12.2. The molecule has 0 saturated heterocycles. The first kappa shape index (κ1) is 18.6. The molecule has 0 aromatic heterocycles. The largest absolute Gasteiger partial charge is 0.384 e. The van der Waals surface area contributed by atoms with Crippen LogP contribution in [0.3, 0.4) is 0 Å². The molecule has 0 aliphatic rings. The molecule has 1 rings (SSSR count). The highest BCUT2D eigenvalue weighted by atomic mass is 35.5. The van der Waals surface area contributed by atoms with Crippen LogP contribution in [0.5, 0.6) is 0 Å². The van der Waals surface area contributed by atoms with Crippen molar-refractivity contribution in [2.75, 3.05) is 25.2 Å². The second-order valence-corrected chi connectivity index (χ2v) is 7.48. The Balaban J connectivity index is 3.02. The molecule has 0 aliphatic carbocycles. The third-order valence-electron chi connectivity index (χ3n) is 2.40. The number of halogens is 2. The second kappa shape index (κ2) is 8.89. The Morgan fingerprint density at radius 2 is 1.95 bits per heavy atom. The highest BCUT2D eigenvalue weighted by Gasteiger charge is 2.21. The molecule has 0 atom stereocenters. The van der Waals surface area contributed by atoms with Crippen LogP contribution in [0.15, 0.2) is 17.0 Å². The van der Waals surface area contributed by atoms with E-state index in [1.807, 2.05) is 6.26 Å². The molecule has 0 heterocycles. The fraction of sp³-hybridized carbons (Fsp3) is 0.385. The van der Waals surface area contributed by atoms with Crippen molar-refractivity contribution in [3.8, 4) is 11.8 Å². The van der Waals surface area contributed by atoms with Crippen LogP contribution in [0.2, 0.25) is 10.0 Å². The average molecular weight is 368 g/mol. The lowest BCUT2D eigenvalue weighted by Gasteiger charge is -2.10. The van der Waals surface area contributed by atoms with Crippen molar-refractivity contribution in [3.05, 3.63) is 27.7 Å². The van der Waals surface area contributed by atoms with Crippen LogP contribution in [0.25, 0.3) is 0 Å². The van der Waals surface area contributed by atoms with Gasteiger partial charge in [-0.1, -0.05) is 35.0 Å². The van der Waals surface area contributed by atoms with Crippen molar-refractivity contribution >= 4 is 45.0 Å². The number of rotatable bonds is 6. The van der Waals surface area contributed by atoms with E-state index in [-0.39, 0.29) is 21.5 Å². The number of aliphatic hydroxyl groups excluding tert-OH is 1. The fourth-order valence-corrected chi connectivity index (χ4v) is 4.24. The molecule has 0 unspecified atom stereocenters. The van der Waals surface area contributed by atoms with Crippen molar-refractivity contribution in [1.82, 2.24) is 4.72 Å². The number of aliphatic hydroxyl groups is 1. The third kappa shape index (κ3) is 5.70. The van der Waals surface area contributed by atoms with E-state index in [4.69, 9.17) is 28.3 Å². The molecule has 0 saturated carbocycles. The van der Waals surface area contributed by atoms with E-state index in [0.717, 1.165) is 12.2 Å². The highest BCUT2D eigenvalue weighted by Crippen LogP contribution is 2.30. The Hall–Kier alpha value is -0.420. The van der Waals surface area contributed by atoms with Crippen LogP contribution < -0.4 is 4.72 Å². The molecule has 1 aromatic rings. The van der Waals surface area contributed by atoms with Gasteiger partial charge in [0.1, 0.15) is 11.5 Å². The maximum absolute atomic E-state index is 12.2. The van der Waals surface area contributed by atoms with Gasteiger partial charge in [0.25, 0.3) is 0 Å².